The van der Waals surface area contributed by atoms with Crippen molar-refractivity contribution in [3.63, 3.8) is 0 Å². The molecular weight excluding hydrogens is 661 g/mol. The highest BCUT2D eigenvalue weighted by atomic mass is 16.5. The van der Waals surface area contributed by atoms with Crippen LogP contribution < -0.4 is 0 Å². The van der Waals surface area contributed by atoms with Crippen LogP contribution >= 0.6 is 0 Å². The first-order chi connectivity index (χ1) is 24.7. The summed E-state index contributed by atoms with van der Waals surface area (Å²) in [5, 5.41) is 9.37. The Balaban J connectivity index is 1.21. The molecule has 0 bridgehead atoms. The molecule has 5 saturated carbocycles. The Morgan fingerprint density at radius 2 is 1.55 bits per heavy atom. The maximum Gasteiger partial charge on any atom is 0.306 e. The van der Waals surface area contributed by atoms with E-state index in [0.717, 1.165) is 64.7 Å². The summed E-state index contributed by atoms with van der Waals surface area (Å²) >= 11 is 0. The van der Waals surface area contributed by atoms with Gasteiger partial charge in [-0.2, -0.15) is 0 Å². The van der Waals surface area contributed by atoms with Crippen LogP contribution in [0.2, 0.25) is 0 Å². The number of carboxylic acid groups (broad SMARTS) is 1. The summed E-state index contributed by atoms with van der Waals surface area (Å²) in [6.45, 7) is 31.6. The van der Waals surface area contributed by atoms with E-state index in [1.165, 1.54) is 44.1 Å². The molecule has 0 aromatic heterocycles. The number of likely N-dealkylation sites (N-methyl/N-ethyl adjacent to an activating group) is 1. The summed E-state index contributed by atoms with van der Waals surface area (Å²) in [6.07, 6.45) is 13.3. The van der Waals surface area contributed by atoms with Crippen molar-refractivity contribution in [2.75, 3.05) is 26.2 Å². The molecule has 0 aromatic rings. The highest BCUT2D eigenvalue weighted by Crippen LogP contribution is 2.78. The Hall–Kier alpha value is -1.89. The van der Waals surface area contributed by atoms with Gasteiger partial charge in [0.15, 0.2) is 0 Å². The molecule has 6 fully saturated rings. The van der Waals surface area contributed by atoms with Crippen molar-refractivity contribution in [3.05, 3.63) is 12.2 Å². The van der Waals surface area contributed by atoms with Gasteiger partial charge >= 0.3 is 11.9 Å². The topological polar surface area (TPSA) is 87.2 Å². The molecule has 1 amide bonds. The number of carbonyl (C=O) groups excluding carboxylic acids is 2. The molecule has 0 unspecified atom stereocenters. The van der Waals surface area contributed by atoms with Crippen LogP contribution in [0.3, 0.4) is 0 Å². The third kappa shape index (κ3) is 6.75. The van der Waals surface area contributed by atoms with Gasteiger partial charge < -0.3 is 14.7 Å². The van der Waals surface area contributed by atoms with E-state index < -0.39 is 11.4 Å². The maximum absolute atomic E-state index is 14.3. The van der Waals surface area contributed by atoms with Crippen LogP contribution in [-0.4, -0.2) is 71.1 Å². The summed E-state index contributed by atoms with van der Waals surface area (Å²) in [4.78, 5) is 43.7. The molecular formula is C46H76N2O5. The lowest BCUT2D eigenvalue weighted by Crippen LogP contribution is -2.67. The van der Waals surface area contributed by atoms with Crippen molar-refractivity contribution in [1.82, 2.24) is 9.80 Å². The van der Waals surface area contributed by atoms with E-state index in [9.17, 15) is 19.5 Å². The van der Waals surface area contributed by atoms with E-state index >= 15 is 0 Å². The Bertz CT molecular complexity index is 1430. The van der Waals surface area contributed by atoms with Gasteiger partial charge in [0.1, 0.15) is 6.10 Å². The fourth-order valence-corrected chi connectivity index (χ4v) is 15.3. The second kappa shape index (κ2) is 14.2. The summed E-state index contributed by atoms with van der Waals surface area (Å²) in [5.74, 6) is 1.99. The summed E-state index contributed by atoms with van der Waals surface area (Å²) in [6, 6.07) is 0.499. The van der Waals surface area contributed by atoms with Crippen molar-refractivity contribution >= 4 is 17.8 Å². The number of amides is 1. The molecule has 1 heterocycles. The number of carbonyl (C=O) groups is 3. The number of esters is 1. The minimum Gasteiger partial charge on any atom is -0.481 e. The van der Waals surface area contributed by atoms with Crippen LogP contribution in [0.5, 0.6) is 0 Å². The summed E-state index contributed by atoms with van der Waals surface area (Å²) in [7, 11) is 0. The zero-order chi connectivity index (χ0) is 38.9. The first-order valence-electron chi connectivity index (χ1n) is 21.8. The fraction of sp³-hybridized carbons (Fsp3) is 0.891. The predicted molar refractivity (Wildman–Crippen MR) is 212 cm³/mol. The zero-order valence-corrected chi connectivity index (χ0v) is 35.5. The lowest BCUT2D eigenvalue weighted by molar-refractivity contribution is -0.250. The lowest BCUT2D eigenvalue weighted by atomic mass is 9.32. The Morgan fingerprint density at radius 3 is 2.19 bits per heavy atom. The smallest absolute Gasteiger partial charge is 0.306 e. The normalized spacial score (nSPS) is 41.9. The minimum atomic E-state index is -0.878. The SMILES string of the molecule is C=C(C)[C@@H]1CC[C@]2(CC(=O)N3CC[C@@H](N(CC)CC)C3)CC[C@]3(C)[C@H](CC[C@@H]4[C@@]5(C)CC[C@H](OC(=O)CC(C)(C)CC(=O)O)C(C)(C)[C@@H]5CC[C@]43C)[C@@H]12. The number of fused-ring (bicyclic) bond motifs is 7. The molecule has 1 N–H and O–H groups in total. The maximum atomic E-state index is 14.3. The molecule has 7 heteroatoms. The summed E-state index contributed by atoms with van der Waals surface area (Å²) in [5.41, 5.74) is 1.23. The highest BCUT2D eigenvalue weighted by molar-refractivity contribution is 5.77. The molecule has 6 rings (SSSR count). The van der Waals surface area contributed by atoms with E-state index in [2.05, 4.69) is 71.8 Å². The van der Waals surface area contributed by atoms with Crippen molar-refractivity contribution in [2.24, 2.45) is 62.1 Å². The average Bonchev–Trinajstić information content (AvgIpc) is 3.69. The van der Waals surface area contributed by atoms with Gasteiger partial charge in [-0.3, -0.25) is 19.3 Å². The number of rotatable bonds is 11. The molecule has 6 aliphatic rings. The Kier molecular flexibility index (Phi) is 11.0. The molecule has 7 nitrogen and oxygen atoms in total. The molecule has 1 saturated heterocycles. The van der Waals surface area contributed by atoms with E-state index in [1.807, 2.05) is 13.8 Å². The molecule has 0 aromatic carbocycles. The second-order valence-electron chi connectivity index (χ2n) is 21.5. The van der Waals surface area contributed by atoms with Crippen molar-refractivity contribution in [2.45, 2.75) is 171 Å². The predicted octanol–water partition coefficient (Wildman–Crippen LogP) is 9.78. The van der Waals surface area contributed by atoms with Crippen LogP contribution in [0, 0.1) is 62.1 Å². The van der Waals surface area contributed by atoms with E-state index in [4.69, 9.17) is 4.74 Å². The number of likely N-dealkylation sites (tertiary alicyclic amines) is 1. The van der Waals surface area contributed by atoms with E-state index in [-0.39, 0.29) is 52.0 Å². The molecule has 0 radical (unpaired) electrons. The third-order valence-corrected chi connectivity index (χ3v) is 18.1. The van der Waals surface area contributed by atoms with Gasteiger partial charge in [-0.05, 0) is 147 Å². The number of hydrogen-bond donors (Lipinski definition) is 1. The third-order valence-electron chi connectivity index (χ3n) is 18.1. The highest BCUT2D eigenvalue weighted by Gasteiger charge is 2.71. The van der Waals surface area contributed by atoms with Crippen molar-refractivity contribution in [3.8, 4) is 0 Å². The molecule has 300 valence electrons. The van der Waals surface area contributed by atoms with Gasteiger partial charge in [-0.1, -0.05) is 74.5 Å². The zero-order valence-electron chi connectivity index (χ0n) is 35.5. The summed E-state index contributed by atoms with van der Waals surface area (Å²) < 4.78 is 6.30. The standard InChI is InChI=1S/C46H76N2O5/c1-12-47(13-2)31-19-25-48(29-31)37(49)26-46-22-16-32(30(3)4)40(46)33-14-15-35-43(9)20-18-36(53-39(52)28-41(5,6)27-38(50)51)42(7,8)34(43)17-21-45(35,11)44(33,10)23-24-46/h31-36,40H,3,12-29H2,1-2,4-11H3,(H,50,51)/t31-,32+,33-,34+,35-,36+,40-,43+,44-,45-,46-/m1/s1. The number of nitrogens with zero attached hydrogens (tertiary/aromatic N) is 2. The van der Waals surface area contributed by atoms with Crippen molar-refractivity contribution in [1.29, 1.82) is 0 Å². The van der Waals surface area contributed by atoms with E-state index in [0.29, 0.717) is 41.5 Å². The lowest BCUT2D eigenvalue weighted by Gasteiger charge is -2.73. The number of carboxylic acids is 1. The molecule has 5 aliphatic carbocycles. The number of aliphatic carboxylic acids is 1. The van der Waals surface area contributed by atoms with E-state index in [1.54, 1.807) is 0 Å². The van der Waals surface area contributed by atoms with Crippen LogP contribution in [-0.2, 0) is 19.1 Å². The first kappa shape index (κ1) is 40.8. The Morgan fingerprint density at radius 1 is 0.849 bits per heavy atom. The van der Waals surface area contributed by atoms with Gasteiger partial charge in [-0.15, -0.1) is 0 Å². The first-order valence-corrected chi connectivity index (χ1v) is 21.8. The fourth-order valence-electron chi connectivity index (χ4n) is 15.3. The van der Waals surface area contributed by atoms with Gasteiger partial charge in [0.2, 0.25) is 5.91 Å². The minimum absolute atomic E-state index is 0.0436. The van der Waals surface area contributed by atoms with Gasteiger partial charge in [0.05, 0.1) is 12.8 Å². The monoisotopic (exact) mass is 737 g/mol. The number of hydrogen-bond acceptors (Lipinski definition) is 5. The van der Waals surface area contributed by atoms with Crippen LogP contribution in [0.15, 0.2) is 12.2 Å². The molecule has 0 spiro atoms. The van der Waals surface area contributed by atoms with Gasteiger partial charge in [0.25, 0.3) is 0 Å². The quantitative estimate of drug-likeness (QED) is 0.168. The Labute approximate surface area is 322 Å². The number of allylic oxidation sites excluding steroid dienone is 1. The number of ether oxygens (including phenoxy) is 1. The average molecular weight is 737 g/mol. The molecule has 11 atom stereocenters. The molecule has 1 aliphatic heterocycles. The largest absolute Gasteiger partial charge is 0.481 e. The van der Waals surface area contributed by atoms with Gasteiger partial charge in [0, 0.05) is 31.0 Å². The van der Waals surface area contributed by atoms with Crippen LogP contribution in [0.1, 0.15) is 159 Å². The second-order valence-corrected chi connectivity index (χ2v) is 21.5. The van der Waals surface area contributed by atoms with Crippen LogP contribution in [0.25, 0.3) is 0 Å². The van der Waals surface area contributed by atoms with Crippen molar-refractivity contribution < 1.29 is 24.2 Å². The van der Waals surface area contributed by atoms with Crippen LogP contribution in [0.4, 0.5) is 0 Å². The molecule has 53 heavy (non-hydrogen) atoms. The van der Waals surface area contributed by atoms with Gasteiger partial charge in [-0.25, -0.2) is 0 Å².